The maximum Gasteiger partial charge on any atom is 0.306 e. The molecular weight excluding hydrogens is 624 g/mol. The Bertz CT molecular complexity index is 764. The van der Waals surface area contributed by atoms with Gasteiger partial charge in [0.15, 0.2) is 6.10 Å². The van der Waals surface area contributed by atoms with Crippen LogP contribution in [0.5, 0.6) is 0 Å². The van der Waals surface area contributed by atoms with Crippen LogP contribution < -0.4 is 0 Å². The van der Waals surface area contributed by atoms with Gasteiger partial charge in [-0.2, -0.15) is 0 Å². The lowest BCUT2D eigenvalue weighted by Crippen LogP contribution is -2.30. The van der Waals surface area contributed by atoms with Gasteiger partial charge < -0.3 is 14.2 Å². The Hall–Kier alpha value is -1.59. The van der Waals surface area contributed by atoms with Crippen LogP contribution in [0, 0.1) is 11.8 Å². The second-order valence-electron chi connectivity index (χ2n) is 15.9. The van der Waals surface area contributed by atoms with Crippen LogP contribution in [0.2, 0.25) is 0 Å². The minimum Gasteiger partial charge on any atom is -0.462 e. The van der Waals surface area contributed by atoms with Crippen molar-refractivity contribution in [2.24, 2.45) is 11.8 Å². The van der Waals surface area contributed by atoms with E-state index in [1.807, 2.05) is 0 Å². The first-order valence-corrected chi connectivity index (χ1v) is 21.7. The molecule has 0 aromatic carbocycles. The zero-order chi connectivity index (χ0) is 36.9. The monoisotopic (exact) mass is 709 g/mol. The fraction of sp³-hybridized carbons (Fsp3) is 0.932. The Morgan fingerprint density at radius 2 is 0.660 bits per heavy atom. The summed E-state index contributed by atoms with van der Waals surface area (Å²) in [5, 5.41) is 0. The summed E-state index contributed by atoms with van der Waals surface area (Å²) in [7, 11) is 0. The standard InChI is InChI=1S/C44H84O6/c1-6-7-8-9-10-12-19-24-29-34-42(45)48-37-41(50-44(47)36-31-26-21-16-15-18-23-28-33-40(4)5)38-49-43(46)35-30-25-20-14-11-13-17-22-27-32-39(2)3/h39-41H,6-38H2,1-5H3/t41-/m1/s1. The van der Waals surface area contributed by atoms with E-state index in [-0.39, 0.29) is 31.1 Å². The average molecular weight is 709 g/mol. The van der Waals surface area contributed by atoms with Gasteiger partial charge in [-0.15, -0.1) is 0 Å². The number of ether oxygens (including phenoxy) is 3. The molecule has 50 heavy (non-hydrogen) atoms. The first kappa shape index (κ1) is 48.4. The van der Waals surface area contributed by atoms with Crippen LogP contribution in [0.25, 0.3) is 0 Å². The Balaban J connectivity index is 4.34. The van der Waals surface area contributed by atoms with Crippen molar-refractivity contribution in [2.45, 2.75) is 240 Å². The summed E-state index contributed by atoms with van der Waals surface area (Å²) in [5.41, 5.74) is 0. The quantitative estimate of drug-likeness (QED) is 0.0361. The van der Waals surface area contributed by atoms with E-state index < -0.39 is 6.10 Å². The molecule has 296 valence electrons. The van der Waals surface area contributed by atoms with Gasteiger partial charge in [0.2, 0.25) is 0 Å². The number of hydrogen-bond donors (Lipinski definition) is 0. The van der Waals surface area contributed by atoms with Crippen molar-refractivity contribution >= 4 is 17.9 Å². The lowest BCUT2D eigenvalue weighted by Gasteiger charge is -2.18. The summed E-state index contributed by atoms with van der Waals surface area (Å²) in [6.45, 7) is 11.3. The third kappa shape index (κ3) is 37.7. The summed E-state index contributed by atoms with van der Waals surface area (Å²) >= 11 is 0. The van der Waals surface area contributed by atoms with Gasteiger partial charge in [-0.25, -0.2) is 0 Å². The van der Waals surface area contributed by atoms with Gasteiger partial charge in [-0.3, -0.25) is 14.4 Å². The van der Waals surface area contributed by atoms with Crippen molar-refractivity contribution in [3.8, 4) is 0 Å². The largest absolute Gasteiger partial charge is 0.462 e. The fourth-order valence-corrected chi connectivity index (χ4v) is 6.40. The van der Waals surface area contributed by atoms with E-state index in [0.29, 0.717) is 19.3 Å². The molecule has 1 atom stereocenters. The second-order valence-corrected chi connectivity index (χ2v) is 15.9. The Kier molecular flexibility index (Phi) is 36.0. The highest BCUT2D eigenvalue weighted by Crippen LogP contribution is 2.16. The maximum atomic E-state index is 12.7. The van der Waals surface area contributed by atoms with Gasteiger partial charge in [-0.1, -0.05) is 195 Å². The zero-order valence-corrected chi connectivity index (χ0v) is 34.0. The summed E-state index contributed by atoms with van der Waals surface area (Å²) in [6.07, 6.45) is 33.8. The van der Waals surface area contributed by atoms with Gasteiger partial charge >= 0.3 is 17.9 Å². The smallest absolute Gasteiger partial charge is 0.306 e. The van der Waals surface area contributed by atoms with E-state index >= 15 is 0 Å². The van der Waals surface area contributed by atoms with Crippen LogP contribution in [0.1, 0.15) is 234 Å². The van der Waals surface area contributed by atoms with Crippen LogP contribution >= 0.6 is 0 Å². The minimum atomic E-state index is -0.759. The lowest BCUT2D eigenvalue weighted by molar-refractivity contribution is -0.167. The molecule has 0 saturated heterocycles. The van der Waals surface area contributed by atoms with Crippen molar-refractivity contribution in [1.29, 1.82) is 0 Å². The first-order valence-electron chi connectivity index (χ1n) is 21.7. The van der Waals surface area contributed by atoms with E-state index in [4.69, 9.17) is 14.2 Å². The molecule has 0 heterocycles. The van der Waals surface area contributed by atoms with Crippen molar-refractivity contribution in [2.75, 3.05) is 13.2 Å². The van der Waals surface area contributed by atoms with E-state index in [0.717, 1.165) is 69.6 Å². The van der Waals surface area contributed by atoms with Crippen molar-refractivity contribution < 1.29 is 28.6 Å². The van der Waals surface area contributed by atoms with Crippen LogP contribution in [0.15, 0.2) is 0 Å². The van der Waals surface area contributed by atoms with Gasteiger partial charge in [0, 0.05) is 19.3 Å². The average Bonchev–Trinajstić information content (AvgIpc) is 3.08. The maximum absolute atomic E-state index is 12.7. The second kappa shape index (κ2) is 37.2. The van der Waals surface area contributed by atoms with Crippen LogP contribution in [-0.2, 0) is 28.6 Å². The molecule has 0 radical (unpaired) electrons. The SMILES string of the molecule is CCCCCCCCCCCC(=O)OC[C@H](COC(=O)CCCCCCCCCCCC(C)C)OC(=O)CCCCCCCCCCC(C)C. The number of unbranched alkanes of at least 4 members (excludes halogenated alkanes) is 23. The molecule has 0 bridgehead atoms. The normalized spacial score (nSPS) is 12.1. The van der Waals surface area contributed by atoms with E-state index in [2.05, 4.69) is 34.6 Å². The Labute approximate surface area is 310 Å². The topological polar surface area (TPSA) is 78.9 Å². The molecule has 6 heteroatoms. The third-order valence-corrected chi connectivity index (χ3v) is 9.72. The molecule has 0 unspecified atom stereocenters. The first-order chi connectivity index (χ1) is 24.2. The molecule has 0 rings (SSSR count). The molecule has 6 nitrogen and oxygen atoms in total. The van der Waals surface area contributed by atoms with Crippen LogP contribution in [-0.4, -0.2) is 37.2 Å². The Morgan fingerprint density at radius 1 is 0.380 bits per heavy atom. The molecule has 0 N–H and O–H groups in total. The van der Waals surface area contributed by atoms with Gasteiger partial charge in [0.1, 0.15) is 13.2 Å². The highest BCUT2D eigenvalue weighted by molar-refractivity contribution is 5.71. The molecule has 0 aliphatic heterocycles. The van der Waals surface area contributed by atoms with E-state index in [9.17, 15) is 14.4 Å². The van der Waals surface area contributed by atoms with Crippen molar-refractivity contribution in [1.82, 2.24) is 0 Å². The van der Waals surface area contributed by atoms with Crippen LogP contribution in [0.3, 0.4) is 0 Å². The number of carbonyl (C=O) groups excluding carboxylic acids is 3. The minimum absolute atomic E-state index is 0.0659. The molecule has 0 aliphatic carbocycles. The number of hydrogen-bond acceptors (Lipinski definition) is 6. The van der Waals surface area contributed by atoms with E-state index in [1.165, 1.54) is 122 Å². The molecule has 0 saturated carbocycles. The number of rotatable bonds is 38. The van der Waals surface area contributed by atoms with Gasteiger partial charge in [0.25, 0.3) is 0 Å². The van der Waals surface area contributed by atoms with Crippen molar-refractivity contribution in [3.63, 3.8) is 0 Å². The predicted molar refractivity (Wildman–Crippen MR) is 210 cm³/mol. The highest BCUT2D eigenvalue weighted by atomic mass is 16.6. The molecular formula is C44H84O6. The fourth-order valence-electron chi connectivity index (χ4n) is 6.40. The molecule has 0 fully saturated rings. The third-order valence-electron chi connectivity index (χ3n) is 9.72. The van der Waals surface area contributed by atoms with Crippen molar-refractivity contribution in [3.05, 3.63) is 0 Å². The highest BCUT2D eigenvalue weighted by Gasteiger charge is 2.19. The van der Waals surface area contributed by atoms with Gasteiger partial charge in [-0.05, 0) is 31.1 Å². The predicted octanol–water partition coefficient (Wildman–Crippen LogP) is 13.4. The summed E-state index contributed by atoms with van der Waals surface area (Å²) in [5.74, 6) is 0.737. The number of esters is 3. The lowest BCUT2D eigenvalue weighted by atomic mass is 10.0. The summed E-state index contributed by atoms with van der Waals surface area (Å²) in [4.78, 5) is 37.6. The molecule has 0 aromatic rings. The summed E-state index contributed by atoms with van der Waals surface area (Å²) in [6, 6.07) is 0. The molecule has 0 aromatic heterocycles. The summed E-state index contributed by atoms with van der Waals surface area (Å²) < 4.78 is 16.7. The van der Waals surface area contributed by atoms with Gasteiger partial charge in [0.05, 0.1) is 0 Å². The van der Waals surface area contributed by atoms with Crippen LogP contribution in [0.4, 0.5) is 0 Å². The zero-order valence-electron chi connectivity index (χ0n) is 34.0. The Morgan fingerprint density at radius 3 is 0.980 bits per heavy atom. The van der Waals surface area contributed by atoms with E-state index in [1.54, 1.807) is 0 Å². The molecule has 0 aliphatic rings. The molecule has 0 spiro atoms. The molecule has 0 amide bonds. The number of carbonyl (C=O) groups is 3.